The smallest absolute Gasteiger partial charge is 0.330 e. The maximum atomic E-state index is 12.4. The van der Waals surface area contributed by atoms with E-state index in [1.165, 1.54) is 66.2 Å². The molecule has 1 saturated heterocycles. The standard InChI is InChI=1S/C22H20N7O8PS/c1-13-11-27(22(31)24-21(13)30)20-10-18(25-26-23)19(37-20)12-36-38(39,16-6-2-14(3-7-16)28(32)33)17-8-4-15(5-9-17)29(34)35/h2-9,11,18-20H,10,12H2,1H3,(H,24,30,31)/t18-,19+,20+/m0/s1. The normalized spacial score (nSPS) is 18.8. The molecule has 1 aliphatic heterocycles. The van der Waals surface area contributed by atoms with Gasteiger partial charge in [-0.1, -0.05) is 16.9 Å². The van der Waals surface area contributed by atoms with Crippen LogP contribution in [-0.2, 0) is 21.1 Å². The first-order valence-corrected chi connectivity index (χ1v) is 14.0. The predicted molar refractivity (Wildman–Crippen MR) is 143 cm³/mol. The second-order valence-corrected chi connectivity index (χ2v) is 12.4. The van der Waals surface area contributed by atoms with Crippen LogP contribution in [0.3, 0.4) is 0 Å². The van der Waals surface area contributed by atoms with Crippen molar-refractivity contribution in [2.75, 3.05) is 6.61 Å². The van der Waals surface area contributed by atoms with Gasteiger partial charge in [0.05, 0.1) is 28.6 Å². The molecular formula is C22H20N7O8PS. The predicted octanol–water partition coefficient (Wildman–Crippen LogP) is 2.69. The maximum absolute atomic E-state index is 12.4. The fourth-order valence-corrected chi connectivity index (χ4v) is 6.99. The molecular weight excluding hydrogens is 553 g/mol. The van der Waals surface area contributed by atoms with Gasteiger partial charge in [-0.2, -0.15) is 0 Å². The first-order valence-electron chi connectivity index (χ1n) is 11.3. The van der Waals surface area contributed by atoms with Gasteiger partial charge >= 0.3 is 5.69 Å². The number of aromatic nitrogens is 2. The molecule has 0 saturated carbocycles. The molecule has 3 aromatic rings. The van der Waals surface area contributed by atoms with Crippen molar-refractivity contribution >= 4 is 40.1 Å². The van der Waals surface area contributed by atoms with Crippen LogP contribution in [0.15, 0.2) is 69.4 Å². The van der Waals surface area contributed by atoms with Gasteiger partial charge in [-0.05, 0) is 36.7 Å². The Balaban J connectivity index is 1.67. The summed E-state index contributed by atoms with van der Waals surface area (Å²) in [6.07, 6.45) is -3.43. The SMILES string of the molecule is Cc1cn([C@H]2C[C@H](N=[N+]=[N-])[C@@H](COP(=S)(c3ccc([N+](=O)[O-])cc3)c3ccc([N+](=O)[O-])cc3)O2)c(=O)[nH]c1=O. The second kappa shape index (κ2) is 11.3. The first kappa shape index (κ1) is 27.8. The number of nitro groups is 2. The lowest BCUT2D eigenvalue weighted by Gasteiger charge is -2.26. The molecule has 2 aromatic carbocycles. The van der Waals surface area contributed by atoms with E-state index in [0.29, 0.717) is 10.6 Å². The number of ether oxygens (including phenoxy) is 1. The van der Waals surface area contributed by atoms with Crippen molar-refractivity contribution in [3.8, 4) is 0 Å². The van der Waals surface area contributed by atoms with Crippen molar-refractivity contribution in [1.29, 1.82) is 0 Å². The highest BCUT2D eigenvalue weighted by molar-refractivity contribution is 8.19. The van der Waals surface area contributed by atoms with E-state index in [4.69, 9.17) is 26.6 Å². The molecule has 15 nitrogen and oxygen atoms in total. The Labute approximate surface area is 224 Å². The number of azide groups is 1. The highest BCUT2D eigenvalue weighted by atomic mass is 32.4. The van der Waals surface area contributed by atoms with Gasteiger partial charge in [0.2, 0.25) is 0 Å². The number of non-ortho nitro benzene ring substituents is 2. The Hall–Kier alpha value is -4.20. The molecule has 1 N–H and O–H groups in total. The van der Waals surface area contributed by atoms with Crippen LogP contribution >= 0.6 is 6.26 Å². The van der Waals surface area contributed by atoms with E-state index in [2.05, 4.69) is 15.0 Å². The quantitative estimate of drug-likeness (QED) is 0.0995. The molecule has 1 aromatic heterocycles. The van der Waals surface area contributed by atoms with E-state index >= 15 is 0 Å². The van der Waals surface area contributed by atoms with Crippen molar-refractivity contribution in [2.24, 2.45) is 5.11 Å². The van der Waals surface area contributed by atoms with Gasteiger partial charge in [-0.15, -0.1) is 0 Å². The van der Waals surface area contributed by atoms with Crippen LogP contribution < -0.4 is 21.9 Å². The number of benzene rings is 2. The summed E-state index contributed by atoms with van der Waals surface area (Å²) in [7, 11) is 0. The fraction of sp³-hybridized carbons (Fsp3) is 0.273. The van der Waals surface area contributed by atoms with Crippen LogP contribution in [-0.4, -0.2) is 38.2 Å². The molecule has 1 aliphatic rings. The van der Waals surface area contributed by atoms with Crippen molar-refractivity contribution in [3.05, 3.63) is 112 Å². The number of nitrogens with zero attached hydrogens (tertiary/aromatic N) is 6. The van der Waals surface area contributed by atoms with E-state index in [1.807, 2.05) is 0 Å². The van der Waals surface area contributed by atoms with Crippen molar-refractivity contribution in [3.63, 3.8) is 0 Å². The zero-order valence-electron chi connectivity index (χ0n) is 20.1. The fourth-order valence-electron chi connectivity index (χ4n) is 4.04. The summed E-state index contributed by atoms with van der Waals surface area (Å²) in [5.74, 6) is 0. The lowest BCUT2D eigenvalue weighted by atomic mass is 10.1. The molecule has 17 heteroatoms. The third kappa shape index (κ3) is 5.79. The Bertz CT molecular complexity index is 1570. The van der Waals surface area contributed by atoms with Gasteiger partial charge in [0.1, 0.15) is 12.5 Å². The molecule has 202 valence electrons. The molecule has 3 atom stereocenters. The largest absolute Gasteiger partial charge is 0.352 e. The van der Waals surface area contributed by atoms with Crippen molar-refractivity contribution < 1.29 is 19.1 Å². The van der Waals surface area contributed by atoms with Gasteiger partial charge in [-0.3, -0.25) is 34.6 Å². The third-order valence-electron chi connectivity index (χ3n) is 6.08. The average molecular weight is 573 g/mol. The lowest BCUT2D eigenvalue weighted by molar-refractivity contribution is -0.385. The van der Waals surface area contributed by atoms with Crippen LogP contribution in [0, 0.1) is 27.2 Å². The van der Waals surface area contributed by atoms with E-state index in [9.17, 15) is 29.8 Å². The topological polar surface area (TPSA) is 208 Å². The Morgan fingerprint density at radius 1 is 1.13 bits per heavy atom. The number of hydrogen-bond donors (Lipinski definition) is 1. The van der Waals surface area contributed by atoms with Gasteiger partial charge in [0.15, 0.2) is 0 Å². The summed E-state index contributed by atoms with van der Waals surface area (Å²) in [5, 5.41) is 26.9. The maximum Gasteiger partial charge on any atom is 0.330 e. The Kier molecular flexibility index (Phi) is 8.04. The van der Waals surface area contributed by atoms with Crippen LogP contribution in [0.25, 0.3) is 10.4 Å². The summed E-state index contributed by atoms with van der Waals surface area (Å²) < 4.78 is 13.4. The number of nitro benzene ring substituents is 2. The minimum atomic E-state index is -3.18. The molecule has 4 rings (SSSR count). The minimum Gasteiger partial charge on any atom is -0.352 e. The van der Waals surface area contributed by atoms with Crippen molar-refractivity contribution in [2.45, 2.75) is 31.7 Å². The highest BCUT2D eigenvalue weighted by Gasteiger charge is 2.38. The number of nitrogens with one attached hydrogen (secondary N) is 1. The number of rotatable bonds is 9. The number of aromatic amines is 1. The van der Waals surface area contributed by atoms with E-state index in [-0.39, 0.29) is 30.0 Å². The van der Waals surface area contributed by atoms with E-state index < -0.39 is 45.7 Å². The van der Waals surface area contributed by atoms with E-state index in [0.717, 1.165) is 0 Å². The first-order chi connectivity index (χ1) is 18.5. The van der Waals surface area contributed by atoms with Gasteiger partial charge in [0.25, 0.3) is 16.9 Å². The van der Waals surface area contributed by atoms with Gasteiger partial charge in [0, 0.05) is 58.0 Å². The molecule has 39 heavy (non-hydrogen) atoms. The molecule has 0 bridgehead atoms. The summed E-state index contributed by atoms with van der Waals surface area (Å²) in [5.41, 5.74) is 7.82. The Morgan fingerprint density at radius 3 is 2.15 bits per heavy atom. The summed E-state index contributed by atoms with van der Waals surface area (Å²) >= 11 is 5.96. The molecule has 1 fully saturated rings. The van der Waals surface area contributed by atoms with Gasteiger partial charge in [-0.25, -0.2) is 4.79 Å². The summed E-state index contributed by atoms with van der Waals surface area (Å²) in [4.78, 5) is 50.3. The van der Waals surface area contributed by atoms with E-state index in [1.54, 1.807) is 0 Å². The third-order valence-corrected chi connectivity index (χ3v) is 10.1. The minimum absolute atomic E-state index is 0.113. The molecule has 0 radical (unpaired) electrons. The lowest BCUT2D eigenvalue weighted by Crippen LogP contribution is -2.33. The highest BCUT2D eigenvalue weighted by Crippen LogP contribution is 2.46. The monoisotopic (exact) mass is 573 g/mol. The molecule has 0 aliphatic carbocycles. The molecule has 2 heterocycles. The van der Waals surface area contributed by atoms with Crippen LogP contribution in [0.5, 0.6) is 0 Å². The van der Waals surface area contributed by atoms with Crippen LogP contribution in [0.4, 0.5) is 11.4 Å². The zero-order valence-corrected chi connectivity index (χ0v) is 21.9. The summed E-state index contributed by atoms with van der Waals surface area (Å²) in [6, 6.07) is 10.2. The summed E-state index contributed by atoms with van der Waals surface area (Å²) in [6.45, 7) is 1.34. The van der Waals surface area contributed by atoms with Crippen LogP contribution in [0.2, 0.25) is 0 Å². The number of aryl methyl sites for hydroxylation is 1. The van der Waals surface area contributed by atoms with Gasteiger partial charge < -0.3 is 9.26 Å². The average Bonchev–Trinajstić information content (AvgIpc) is 3.32. The molecule has 0 unspecified atom stereocenters. The molecule has 0 spiro atoms. The van der Waals surface area contributed by atoms with Crippen molar-refractivity contribution in [1.82, 2.24) is 9.55 Å². The Morgan fingerprint density at radius 2 is 1.67 bits per heavy atom. The molecule has 0 amide bonds. The second-order valence-electron chi connectivity index (χ2n) is 8.51. The van der Waals surface area contributed by atoms with Crippen LogP contribution in [0.1, 0.15) is 18.2 Å². The zero-order chi connectivity index (χ0) is 28.3. The number of hydrogen-bond acceptors (Lipinski definition) is 10. The number of H-pyrrole nitrogens is 1.